The SMILES string of the molecule is O=c1c(Br)c(CCc2ccccc2)oc2c(Br)cc(Cl)cc12. The van der Waals surface area contributed by atoms with E-state index < -0.39 is 0 Å². The average Bonchev–Trinajstić information content (AvgIpc) is 2.51. The Morgan fingerprint density at radius 2 is 1.77 bits per heavy atom. The molecule has 2 aromatic carbocycles. The van der Waals surface area contributed by atoms with Crippen LogP contribution in [0.4, 0.5) is 0 Å². The fraction of sp³-hybridized carbons (Fsp3) is 0.118. The van der Waals surface area contributed by atoms with Gasteiger partial charge >= 0.3 is 0 Å². The Labute approximate surface area is 149 Å². The van der Waals surface area contributed by atoms with E-state index in [-0.39, 0.29) is 5.43 Å². The summed E-state index contributed by atoms with van der Waals surface area (Å²) in [6, 6.07) is 13.4. The monoisotopic (exact) mass is 440 g/mol. The molecule has 0 radical (unpaired) electrons. The van der Waals surface area contributed by atoms with Crippen molar-refractivity contribution in [2.24, 2.45) is 0 Å². The summed E-state index contributed by atoms with van der Waals surface area (Å²) < 4.78 is 7.07. The van der Waals surface area contributed by atoms with Crippen LogP contribution in [0.3, 0.4) is 0 Å². The predicted molar refractivity (Wildman–Crippen MR) is 96.7 cm³/mol. The second kappa shape index (κ2) is 6.57. The van der Waals surface area contributed by atoms with Gasteiger partial charge in [0.15, 0.2) is 5.58 Å². The molecule has 0 fully saturated rings. The molecule has 3 aromatic rings. The Morgan fingerprint density at radius 3 is 2.50 bits per heavy atom. The molecule has 2 nitrogen and oxygen atoms in total. The Balaban J connectivity index is 2.03. The van der Waals surface area contributed by atoms with Gasteiger partial charge in [0.05, 0.1) is 9.86 Å². The summed E-state index contributed by atoms with van der Waals surface area (Å²) >= 11 is 12.8. The summed E-state index contributed by atoms with van der Waals surface area (Å²) in [6.07, 6.45) is 1.45. The van der Waals surface area contributed by atoms with Crippen molar-refractivity contribution in [3.63, 3.8) is 0 Å². The largest absolute Gasteiger partial charge is 0.458 e. The first-order chi connectivity index (χ1) is 10.6. The zero-order valence-electron chi connectivity index (χ0n) is 11.4. The van der Waals surface area contributed by atoms with Crippen molar-refractivity contribution in [2.75, 3.05) is 0 Å². The molecule has 5 heteroatoms. The molecule has 0 N–H and O–H groups in total. The third kappa shape index (κ3) is 3.14. The number of halogens is 3. The minimum absolute atomic E-state index is 0.104. The minimum Gasteiger partial charge on any atom is -0.458 e. The highest BCUT2D eigenvalue weighted by Crippen LogP contribution is 2.30. The quantitative estimate of drug-likeness (QED) is 0.517. The predicted octanol–water partition coefficient (Wildman–Crippen LogP) is 5.76. The van der Waals surface area contributed by atoms with E-state index in [4.69, 9.17) is 16.0 Å². The van der Waals surface area contributed by atoms with E-state index in [2.05, 4.69) is 44.0 Å². The van der Waals surface area contributed by atoms with Gasteiger partial charge in [-0.05, 0) is 56.0 Å². The van der Waals surface area contributed by atoms with E-state index in [1.165, 1.54) is 5.56 Å². The lowest BCUT2D eigenvalue weighted by Crippen LogP contribution is -2.07. The number of hydrogen-bond acceptors (Lipinski definition) is 2. The summed E-state index contributed by atoms with van der Waals surface area (Å²) in [4.78, 5) is 12.5. The highest BCUT2D eigenvalue weighted by atomic mass is 79.9. The Bertz CT molecular complexity index is 889. The normalized spacial score (nSPS) is 11.0. The van der Waals surface area contributed by atoms with E-state index in [9.17, 15) is 4.79 Å². The molecule has 22 heavy (non-hydrogen) atoms. The summed E-state index contributed by atoms with van der Waals surface area (Å²) in [5.41, 5.74) is 1.63. The standard InChI is InChI=1S/C17H11Br2ClO2/c18-13-9-11(20)8-12-16(21)15(19)14(22-17(12)13)7-6-10-4-2-1-3-5-10/h1-5,8-9H,6-7H2. The van der Waals surface area contributed by atoms with Gasteiger partial charge in [-0.15, -0.1) is 0 Å². The average molecular weight is 443 g/mol. The molecule has 0 bridgehead atoms. The second-order valence-corrected chi connectivity index (χ2v) is 7.00. The van der Waals surface area contributed by atoms with Gasteiger partial charge in [0.1, 0.15) is 10.2 Å². The molecule has 0 saturated heterocycles. The van der Waals surface area contributed by atoms with Crippen molar-refractivity contribution >= 4 is 54.4 Å². The molecular formula is C17H11Br2ClO2. The summed E-state index contributed by atoms with van der Waals surface area (Å²) in [7, 11) is 0. The van der Waals surface area contributed by atoms with Crippen LogP contribution >= 0.6 is 43.5 Å². The molecule has 0 aliphatic carbocycles. The van der Waals surface area contributed by atoms with E-state index in [0.717, 1.165) is 6.42 Å². The van der Waals surface area contributed by atoms with Gasteiger partial charge in [-0.2, -0.15) is 0 Å². The van der Waals surface area contributed by atoms with Gasteiger partial charge in [0.25, 0.3) is 0 Å². The third-order valence-corrected chi connectivity index (χ3v) is 5.02. The van der Waals surface area contributed by atoms with Gasteiger partial charge in [0.2, 0.25) is 5.43 Å². The zero-order valence-corrected chi connectivity index (χ0v) is 15.3. The molecule has 0 unspecified atom stereocenters. The van der Waals surface area contributed by atoms with Crippen LogP contribution in [0.15, 0.2) is 60.6 Å². The minimum atomic E-state index is -0.104. The first-order valence-corrected chi connectivity index (χ1v) is 8.67. The van der Waals surface area contributed by atoms with Crippen LogP contribution in [0.5, 0.6) is 0 Å². The first-order valence-electron chi connectivity index (χ1n) is 6.70. The van der Waals surface area contributed by atoms with Crippen molar-refractivity contribution in [2.45, 2.75) is 12.8 Å². The van der Waals surface area contributed by atoms with Gasteiger partial charge in [-0.3, -0.25) is 4.79 Å². The maximum atomic E-state index is 12.5. The molecule has 0 aliphatic heterocycles. The Morgan fingerprint density at radius 1 is 1.05 bits per heavy atom. The van der Waals surface area contributed by atoms with Crippen molar-refractivity contribution in [1.82, 2.24) is 0 Å². The van der Waals surface area contributed by atoms with Crippen molar-refractivity contribution in [1.29, 1.82) is 0 Å². The van der Waals surface area contributed by atoms with Gasteiger partial charge in [-0.1, -0.05) is 41.9 Å². The maximum Gasteiger partial charge on any atom is 0.207 e. The van der Waals surface area contributed by atoms with Gasteiger partial charge < -0.3 is 4.42 Å². The molecular weight excluding hydrogens is 431 g/mol. The number of hydrogen-bond donors (Lipinski definition) is 0. The van der Waals surface area contributed by atoms with Crippen molar-refractivity contribution in [3.05, 3.63) is 78.0 Å². The molecule has 0 spiro atoms. The number of fused-ring (bicyclic) bond motifs is 1. The number of aryl methyl sites for hydroxylation is 2. The Hall–Kier alpha value is -1.10. The van der Waals surface area contributed by atoms with Gasteiger partial charge in [-0.25, -0.2) is 0 Å². The summed E-state index contributed by atoms with van der Waals surface area (Å²) in [5.74, 6) is 0.643. The molecule has 0 aliphatic rings. The highest BCUT2D eigenvalue weighted by Gasteiger charge is 2.15. The molecule has 0 saturated carbocycles. The molecule has 1 heterocycles. The van der Waals surface area contributed by atoms with Crippen LogP contribution in [-0.2, 0) is 12.8 Å². The van der Waals surface area contributed by atoms with E-state index >= 15 is 0 Å². The third-order valence-electron chi connectivity index (χ3n) is 3.41. The number of benzene rings is 2. The number of rotatable bonds is 3. The van der Waals surface area contributed by atoms with Crippen LogP contribution in [0.25, 0.3) is 11.0 Å². The van der Waals surface area contributed by atoms with Gasteiger partial charge in [0, 0.05) is 11.4 Å². The van der Waals surface area contributed by atoms with Crippen LogP contribution in [-0.4, -0.2) is 0 Å². The van der Waals surface area contributed by atoms with E-state index in [0.29, 0.717) is 37.1 Å². The molecule has 0 amide bonds. The smallest absolute Gasteiger partial charge is 0.207 e. The topological polar surface area (TPSA) is 30.2 Å². The fourth-order valence-electron chi connectivity index (χ4n) is 2.31. The lowest BCUT2D eigenvalue weighted by atomic mass is 10.1. The van der Waals surface area contributed by atoms with Crippen LogP contribution < -0.4 is 5.43 Å². The van der Waals surface area contributed by atoms with Crippen molar-refractivity contribution in [3.8, 4) is 0 Å². The molecule has 112 valence electrons. The van der Waals surface area contributed by atoms with Crippen LogP contribution in [0.2, 0.25) is 5.02 Å². The van der Waals surface area contributed by atoms with Crippen LogP contribution in [0, 0.1) is 0 Å². The maximum absolute atomic E-state index is 12.5. The highest BCUT2D eigenvalue weighted by molar-refractivity contribution is 9.11. The zero-order chi connectivity index (χ0) is 15.7. The lowest BCUT2D eigenvalue weighted by Gasteiger charge is -2.08. The van der Waals surface area contributed by atoms with E-state index in [1.807, 2.05) is 18.2 Å². The first kappa shape index (κ1) is 15.8. The molecule has 3 rings (SSSR count). The fourth-order valence-corrected chi connectivity index (χ4v) is 3.69. The molecule has 0 atom stereocenters. The lowest BCUT2D eigenvalue weighted by molar-refractivity contribution is 0.528. The van der Waals surface area contributed by atoms with Crippen molar-refractivity contribution < 1.29 is 4.42 Å². The van der Waals surface area contributed by atoms with E-state index in [1.54, 1.807) is 12.1 Å². The van der Waals surface area contributed by atoms with Crippen LogP contribution in [0.1, 0.15) is 11.3 Å². The molecule has 1 aromatic heterocycles. The summed E-state index contributed by atoms with van der Waals surface area (Å²) in [6.45, 7) is 0. The Kier molecular flexibility index (Phi) is 4.71. The second-order valence-electron chi connectivity index (χ2n) is 4.92. The summed E-state index contributed by atoms with van der Waals surface area (Å²) in [5, 5.41) is 0.963.